The minimum Gasteiger partial charge on any atom is -0.493 e. The van der Waals surface area contributed by atoms with E-state index in [1.165, 1.54) is 0 Å². The highest BCUT2D eigenvalue weighted by Crippen LogP contribution is 2.30. The second-order valence-electron chi connectivity index (χ2n) is 6.55. The van der Waals surface area contributed by atoms with Crippen LogP contribution < -0.4 is 15.5 Å². The number of carbonyl (C=O) groups is 1. The van der Waals surface area contributed by atoms with Gasteiger partial charge >= 0.3 is 0 Å². The highest BCUT2D eigenvalue weighted by molar-refractivity contribution is 6.18. The second-order valence-corrected chi connectivity index (χ2v) is 6.86. The minimum absolute atomic E-state index is 0.0782. The average Bonchev–Trinajstić information content (AvgIpc) is 2.98. The summed E-state index contributed by atoms with van der Waals surface area (Å²) >= 11 is 5.79. The van der Waals surface area contributed by atoms with E-state index in [4.69, 9.17) is 21.3 Å². The number of rotatable bonds is 7. The van der Waals surface area contributed by atoms with Gasteiger partial charge in [0.25, 0.3) is 5.91 Å². The third-order valence-electron chi connectivity index (χ3n) is 4.58. The largest absolute Gasteiger partial charge is 0.493 e. The van der Waals surface area contributed by atoms with E-state index >= 15 is 0 Å². The molecule has 0 bridgehead atoms. The first-order chi connectivity index (χ1) is 13.0. The van der Waals surface area contributed by atoms with Gasteiger partial charge in [-0.3, -0.25) is 4.79 Å². The zero-order valence-corrected chi connectivity index (χ0v) is 16.5. The number of amides is 1. The SMILES string of the molecule is CCCC1=C2N=C(c3cc(C(O)CCl)ccc3OCC)NC(=O)C2N(C)N1. The third-order valence-corrected chi connectivity index (χ3v) is 4.87. The van der Waals surface area contributed by atoms with E-state index in [2.05, 4.69) is 17.7 Å². The van der Waals surface area contributed by atoms with Crippen molar-refractivity contribution >= 4 is 23.3 Å². The van der Waals surface area contributed by atoms with Crippen LogP contribution in [0.3, 0.4) is 0 Å². The molecule has 2 unspecified atom stereocenters. The third kappa shape index (κ3) is 3.81. The van der Waals surface area contributed by atoms with Crippen LogP contribution in [-0.4, -0.2) is 47.4 Å². The first kappa shape index (κ1) is 19.7. The fourth-order valence-corrected chi connectivity index (χ4v) is 3.50. The fourth-order valence-electron chi connectivity index (χ4n) is 3.32. The predicted molar refractivity (Wildman–Crippen MR) is 105 cm³/mol. The number of fused-ring (bicyclic) bond motifs is 1. The molecule has 27 heavy (non-hydrogen) atoms. The molecule has 2 atom stereocenters. The molecular formula is C19H25ClN4O3. The average molecular weight is 393 g/mol. The van der Waals surface area contributed by atoms with Crippen LogP contribution in [0.4, 0.5) is 0 Å². The summed E-state index contributed by atoms with van der Waals surface area (Å²) in [5, 5.41) is 14.7. The molecule has 1 amide bonds. The summed E-state index contributed by atoms with van der Waals surface area (Å²) in [7, 11) is 1.83. The maximum Gasteiger partial charge on any atom is 0.251 e. The van der Waals surface area contributed by atoms with E-state index in [9.17, 15) is 9.90 Å². The summed E-state index contributed by atoms with van der Waals surface area (Å²) in [5.41, 5.74) is 6.18. The fraction of sp³-hybridized carbons (Fsp3) is 0.474. The molecule has 1 aromatic carbocycles. The highest BCUT2D eigenvalue weighted by Gasteiger charge is 2.39. The van der Waals surface area contributed by atoms with E-state index < -0.39 is 12.1 Å². The first-order valence-electron chi connectivity index (χ1n) is 9.13. The van der Waals surface area contributed by atoms with Crippen LogP contribution in [0.2, 0.25) is 0 Å². The van der Waals surface area contributed by atoms with Gasteiger partial charge in [0.15, 0.2) is 6.04 Å². The maximum atomic E-state index is 12.7. The number of halogens is 1. The van der Waals surface area contributed by atoms with Gasteiger partial charge in [0.2, 0.25) is 0 Å². The van der Waals surface area contributed by atoms with Gasteiger partial charge in [-0.25, -0.2) is 10.0 Å². The molecule has 0 spiro atoms. The van der Waals surface area contributed by atoms with E-state index in [1.807, 2.05) is 14.0 Å². The lowest BCUT2D eigenvalue weighted by molar-refractivity contribution is -0.123. The summed E-state index contributed by atoms with van der Waals surface area (Å²) in [6.45, 7) is 4.45. The predicted octanol–water partition coefficient (Wildman–Crippen LogP) is 2.06. The summed E-state index contributed by atoms with van der Waals surface area (Å²) < 4.78 is 5.71. The number of hydrogen-bond donors (Lipinski definition) is 3. The van der Waals surface area contributed by atoms with E-state index in [0.717, 1.165) is 24.2 Å². The Morgan fingerprint density at radius 1 is 1.41 bits per heavy atom. The Hall–Kier alpha value is -2.09. The Kier molecular flexibility index (Phi) is 6.04. The Balaban J connectivity index is 2.09. The minimum atomic E-state index is -0.803. The molecule has 2 aliphatic rings. The van der Waals surface area contributed by atoms with Crippen LogP contribution >= 0.6 is 11.6 Å². The van der Waals surface area contributed by atoms with Crippen molar-refractivity contribution < 1.29 is 14.6 Å². The number of alkyl halides is 1. The molecule has 2 heterocycles. The van der Waals surface area contributed by atoms with Crippen molar-refractivity contribution in [2.45, 2.75) is 38.8 Å². The van der Waals surface area contributed by atoms with Gasteiger partial charge in [0.05, 0.1) is 35.5 Å². The second kappa shape index (κ2) is 8.29. The van der Waals surface area contributed by atoms with Crippen molar-refractivity contribution in [3.63, 3.8) is 0 Å². The quantitative estimate of drug-likeness (QED) is 0.618. The van der Waals surface area contributed by atoms with Gasteiger partial charge < -0.3 is 20.6 Å². The van der Waals surface area contributed by atoms with Crippen molar-refractivity contribution in [2.24, 2.45) is 4.99 Å². The van der Waals surface area contributed by atoms with Crippen molar-refractivity contribution in [2.75, 3.05) is 19.5 Å². The van der Waals surface area contributed by atoms with E-state index in [0.29, 0.717) is 29.3 Å². The first-order valence-corrected chi connectivity index (χ1v) is 9.66. The number of nitrogens with zero attached hydrogens (tertiary/aromatic N) is 2. The van der Waals surface area contributed by atoms with Crippen LogP contribution in [-0.2, 0) is 4.79 Å². The topological polar surface area (TPSA) is 86.2 Å². The number of allylic oxidation sites excluding steroid dienone is 1. The van der Waals surface area contributed by atoms with Crippen LogP contribution in [0, 0.1) is 0 Å². The summed E-state index contributed by atoms with van der Waals surface area (Å²) in [5.74, 6) is 0.942. The molecule has 0 aromatic heterocycles. The Morgan fingerprint density at radius 2 is 2.19 bits per heavy atom. The zero-order chi connectivity index (χ0) is 19.6. The lowest BCUT2D eigenvalue weighted by Crippen LogP contribution is -2.50. The Labute approximate surface area is 164 Å². The maximum absolute atomic E-state index is 12.7. The number of aliphatic imine (C=N–C) groups is 1. The van der Waals surface area contributed by atoms with Gasteiger partial charge in [-0.2, -0.15) is 0 Å². The van der Waals surface area contributed by atoms with Crippen LogP contribution in [0.1, 0.15) is 43.9 Å². The van der Waals surface area contributed by atoms with Gasteiger partial charge in [0, 0.05) is 7.05 Å². The molecular weight excluding hydrogens is 368 g/mol. The summed E-state index contributed by atoms with van der Waals surface area (Å²) in [4.78, 5) is 17.5. The van der Waals surface area contributed by atoms with E-state index in [1.54, 1.807) is 23.2 Å². The Morgan fingerprint density at radius 3 is 2.85 bits per heavy atom. The highest BCUT2D eigenvalue weighted by atomic mass is 35.5. The number of hydrogen-bond acceptors (Lipinski definition) is 6. The number of benzene rings is 1. The Bertz CT molecular complexity index is 793. The van der Waals surface area contributed by atoms with Crippen molar-refractivity contribution in [1.29, 1.82) is 0 Å². The summed E-state index contributed by atoms with van der Waals surface area (Å²) in [6, 6.07) is 4.85. The van der Waals surface area contributed by atoms with Gasteiger partial charge in [0.1, 0.15) is 11.6 Å². The smallest absolute Gasteiger partial charge is 0.251 e. The lowest BCUT2D eigenvalue weighted by atomic mass is 10.0. The molecule has 3 N–H and O–H groups in total. The van der Waals surface area contributed by atoms with Gasteiger partial charge in [-0.05, 0) is 31.0 Å². The number of ether oxygens (including phenoxy) is 1. The lowest BCUT2D eigenvalue weighted by Gasteiger charge is -2.25. The molecule has 0 saturated heterocycles. The van der Waals surface area contributed by atoms with Crippen LogP contribution in [0.5, 0.6) is 5.75 Å². The number of aliphatic hydroxyl groups excluding tert-OH is 1. The van der Waals surface area contributed by atoms with E-state index in [-0.39, 0.29) is 11.8 Å². The molecule has 3 rings (SSSR count). The number of carbonyl (C=O) groups excluding carboxylic acids is 1. The number of hydrazine groups is 1. The number of aliphatic hydroxyl groups is 1. The number of likely N-dealkylation sites (N-methyl/N-ethyl adjacent to an activating group) is 1. The molecule has 0 aliphatic carbocycles. The molecule has 1 aromatic rings. The van der Waals surface area contributed by atoms with Gasteiger partial charge in [-0.1, -0.05) is 19.4 Å². The molecule has 8 heteroatoms. The van der Waals surface area contributed by atoms with Crippen LogP contribution in [0.15, 0.2) is 34.6 Å². The number of nitrogens with one attached hydrogen (secondary N) is 2. The number of amidine groups is 1. The molecule has 0 radical (unpaired) electrons. The summed E-state index contributed by atoms with van der Waals surface area (Å²) in [6.07, 6.45) is 0.951. The van der Waals surface area contributed by atoms with Crippen molar-refractivity contribution in [1.82, 2.24) is 15.8 Å². The normalized spacial score (nSPS) is 20.7. The monoisotopic (exact) mass is 392 g/mol. The van der Waals surface area contributed by atoms with Crippen LogP contribution in [0.25, 0.3) is 0 Å². The van der Waals surface area contributed by atoms with Gasteiger partial charge in [-0.15, -0.1) is 11.6 Å². The van der Waals surface area contributed by atoms with Crippen molar-refractivity contribution in [3.05, 3.63) is 40.7 Å². The van der Waals surface area contributed by atoms with Crippen molar-refractivity contribution in [3.8, 4) is 5.75 Å². The molecule has 2 aliphatic heterocycles. The molecule has 146 valence electrons. The molecule has 0 saturated carbocycles. The molecule has 0 fully saturated rings. The zero-order valence-electron chi connectivity index (χ0n) is 15.8. The molecule has 7 nitrogen and oxygen atoms in total. The standard InChI is InChI=1S/C19H25ClN4O3/c1-4-6-13-16-17(24(3)23-13)19(26)22-18(21-16)12-9-11(14(25)10-20)7-8-15(12)27-5-2/h7-9,14,17,23,25H,4-6,10H2,1-3H3,(H,21,22,26).